The zero-order valence-electron chi connectivity index (χ0n) is 18.4. The van der Waals surface area contributed by atoms with Crippen molar-refractivity contribution in [3.05, 3.63) is 75.0 Å². The molecule has 3 aromatic rings. The molecule has 0 aliphatic heterocycles. The van der Waals surface area contributed by atoms with Gasteiger partial charge in [0.1, 0.15) is 0 Å². The SMILES string of the molecule is COc1cc(/C=N/NC(=O)c2cc(C(C)(C)C)[nH]n2)ccc1OC(=O)c1ccc(Cl)cc1Cl. The minimum atomic E-state index is -0.655. The fraction of sp³-hybridized carbons (Fsp3) is 0.217. The van der Waals surface area contributed by atoms with Crippen molar-refractivity contribution in [1.29, 1.82) is 0 Å². The number of hydrogen-bond acceptors (Lipinski definition) is 6. The second kappa shape index (κ2) is 10.1. The highest BCUT2D eigenvalue weighted by molar-refractivity contribution is 6.36. The van der Waals surface area contributed by atoms with Crippen LogP contribution in [0.5, 0.6) is 11.5 Å². The van der Waals surface area contributed by atoms with Gasteiger partial charge in [-0.05, 0) is 48.0 Å². The van der Waals surface area contributed by atoms with Crippen LogP contribution < -0.4 is 14.9 Å². The molecule has 0 aliphatic rings. The number of carbonyl (C=O) groups is 2. The molecule has 1 heterocycles. The molecule has 2 aromatic carbocycles. The highest BCUT2D eigenvalue weighted by Gasteiger charge is 2.19. The Kier molecular flexibility index (Phi) is 7.40. The summed E-state index contributed by atoms with van der Waals surface area (Å²) in [5, 5.41) is 11.4. The monoisotopic (exact) mass is 488 g/mol. The number of esters is 1. The van der Waals surface area contributed by atoms with Crippen molar-refractivity contribution in [3.63, 3.8) is 0 Å². The fourth-order valence-corrected chi connectivity index (χ4v) is 3.19. The molecule has 0 unspecified atom stereocenters. The van der Waals surface area contributed by atoms with E-state index in [1.807, 2.05) is 20.8 Å². The Morgan fingerprint density at radius 1 is 1.09 bits per heavy atom. The second-order valence-electron chi connectivity index (χ2n) is 8.04. The molecule has 33 heavy (non-hydrogen) atoms. The van der Waals surface area contributed by atoms with E-state index < -0.39 is 11.9 Å². The van der Waals surface area contributed by atoms with Gasteiger partial charge in [0, 0.05) is 16.1 Å². The Morgan fingerprint density at radius 3 is 2.48 bits per heavy atom. The van der Waals surface area contributed by atoms with Crippen LogP contribution in [0.25, 0.3) is 0 Å². The van der Waals surface area contributed by atoms with E-state index in [0.717, 1.165) is 5.69 Å². The Balaban J connectivity index is 1.67. The number of methoxy groups -OCH3 is 1. The standard InChI is InChI=1S/C23H22Cl2N4O4/c1-23(2,3)20-11-17(27-28-20)21(30)29-26-12-13-5-8-18(19(9-13)32-4)33-22(31)15-7-6-14(24)10-16(15)25/h5-12H,1-4H3,(H,27,28)(H,29,30)/b26-12+. The van der Waals surface area contributed by atoms with Gasteiger partial charge in [-0.2, -0.15) is 10.2 Å². The lowest BCUT2D eigenvalue weighted by atomic mass is 9.92. The zero-order valence-corrected chi connectivity index (χ0v) is 19.9. The number of carbonyl (C=O) groups excluding carboxylic acids is 2. The van der Waals surface area contributed by atoms with Crippen LogP contribution in [0.2, 0.25) is 10.0 Å². The topological polar surface area (TPSA) is 106 Å². The van der Waals surface area contributed by atoms with E-state index in [1.54, 1.807) is 30.3 Å². The van der Waals surface area contributed by atoms with Crippen LogP contribution in [0.4, 0.5) is 0 Å². The largest absolute Gasteiger partial charge is 0.493 e. The highest BCUT2D eigenvalue weighted by Crippen LogP contribution is 2.30. The minimum absolute atomic E-state index is 0.157. The molecule has 0 bridgehead atoms. The number of amides is 1. The molecule has 10 heteroatoms. The molecule has 172 valence electrons. The number of nitrogens with zero attached hydrogens (tertiary/aromatic N) is 2. The molecule has 0 aliphatic carbocycles. The molecule has 3 rings (SSSR count). The van der Waals surface area contributed by atoms with Gasteiger partial charge in [-0.15, -0.1) is 0 Å². The first-order valence-corrected chi connectivity index (χ1v) is 10.6. The molecule has 2 N–H and O–H groups in total. The minimum Gasteiger partial charge on any atom is -0.493 e. The maximum absolute atomic E-state index is 12.5. The second-order valence-corrected chi connectivity index (χ2v) is 8.88. The van der Waals surface area contributed by atoms with E-state index in [4.69, 9.17) is 32.7 Å². The van der Waals surface area contributed by atoms with Crippen molar-refractivity contribution in [3.8, 4) is 11.5 Å². The molecule has 0 atom stereocenters. The highest BCUT2D eigenvalue weighted by atomic mass is 35.5. The summed E-state index contributed by atoms with van der Waals surface area (Å²) >= 11 is 11.9. The summed E-state index contributed by atoms with van der Waals surface area (Å²) in [6.07, 6.45) is 1.43. The molecule has 0 spiro atoms. The predicted octanol–water partition coefficient (Wildman–Crippen LogP) is 5.01. The van der Waals surface area contributed by atoms with E-state index in [9.17, 15) is 9.59 Å². The number of hydrazone groups is 1. The van der Waals surface area contributed by atoms with E-state index in [0.29, 0.717) is 16.3 Å². The van der Waals surface area contributed by atoms with Crippen molar-refractivity contribution < 1.29 is 19.1 Å². The van der Waals surface area contributed by atoms with E-state index >= 15 is 0 Å². The predicted molar refractivity (Wildman–Crippen MR) is 127 cm³/mol. The third kappa shape index (κ3) is 6.12. The molecule has 0 radical (unpaired) electrons. The van der Waals surface area contributed by atoms with Crippen molar-refractivity contribution in [1.82, 2.24) is 15.6 Å². The fourth-order valence-electron chi connectivity index (χ4n) is 2.70. The average molecular weight is 489 g/mol. The summed E-state index contributed by atoms with van der Waals surface area (Å²) in [6.45, 7) is 6.04. The third-order valence-corrected chi connectivity index (χ3v) is 5.09. The zero-order chi connectivity index (χ0) is 24.2. The maximum atomic E-state index is 12.5. The van der Waals surface area contributed by atoms with Crippen LogP contribution in [-0.4, -0.2) is 35.4 Å². The molecule has 8 nitrogen and oxygen atoms in total. The Hall–Kier alpha value is -3.36. The first-order chi connectivity index (χ1) is 15.6. The van der Waals surface area contributed by atoms with Gasteiger partial charge >= 0.3 is 5.97 Å². The first-order valence-electron chi connectivity index (χ1n) is 9.83. The number of aromatic amines is 1. The van der Waals surface area contributed by atoms with Crippen molar-refractivity contribution in [2.45, 2.75) is 26.2 Å². The van der Waals surface area contributed by atoms with Crippen molar-refractivity contribution >= 4 is 41.3 Å². The molecule has 0 saturated carbocycles. The van der Waals surface area contributed by atoms with Crippen LogP contribution in [0.1, 0.15) is 52.9 Å². The van der Waals surface area contributed by atoms with Gasteiger partial charge in [0.05, 0.1) is 23.9 Å². The van der Waals surface area contributed by atoms with Gasteiger partial charge in [0.25, 0.3) is 5.91 Å². The van der Waals surface area contributed by atoms with Gasteiger partial charge in [-0.3, -0.25) is 9.89 Å². The molecule has 1 amide bonds. The van der Waals surface area contributed by atoms with Gasteiger partial charge in [0.15, 0.2) is 17.2 Å². The molecular formula is C23H22Cl2N4O4. The normalized spacial score (nSPS) is 11.5. The van der Waals surface area contributed by atoms with Crippen molar-refractivity contribution in [2.75, 3.05) is 7.11 Å². The van der Waals surface area contributed by atoms with E-state index in [1.165, 1.54) is 25.5 Å². The maximum Gasteiger partial charge on any atom is 0.345 e. The Morgan fingerprint density at radius 2 is 1.85 bits per heavy atom. The molecule has 0 saturated heterocycles. The number of halogens is 2. The molecular weight excluding hydrogens is 467 g/mol. The number of hydrogen-bond donors (Lipinski definition) is 2. The summed E-state index contributed by atoms with van der Waals surface area (Å²) in [5.41, 5.74) is 4.12. The molecule has 0 fully saturated rings. The number of H-pyrrole nitrogens is 1. The molecule has 1 aromatic heterocycles. The summed E-state index contributed by atoms with van der Waals surface area (Å²) < 4.78 is 10.7. The lowest BCUT2D eigenvalue weighted by Crippen LogP contribution is -2.18. The number of benzene rings is 2. The van der Waals surface area contributed by atoms with E-state index in [-0.39, 0.29) is 27.4 Å². The number of ether oxygens (including phenoxy) is 2. The Bertz CT molecular complexity index is 1220. The average Bonchev–Trinajstić information content (AvgIpc) is 3.25. The lowest BCUT2D eigenvalue weighted by molar-refractivity contribution is 0.0729. The van der Waals surface area contributed by atoms with Crippen LogP contribution in [0.15, 0.2) is 47.6 Å². The number of aromatic nitrogens is 2. The van der Waals surface area contributed by atoms with E-state index in [2.05, 4.69) is 20.7 Å². The summed E-state index contributed by atoms with van der Waals surface area (Å²) in [5.74, 6) is -0.612. The van der Waals surface area contributed by atoms with Crippen molar-refractivity contribution in [2.24, 2.45) is 5.10 Å². The third-order valence-electron chi connectivity index (χ3n) is 4.54. The van der Waals surface area contributed by atoms with Gasteiger partial charge < -0.3 is 9.47 Å². The Labute approximate surface area is 200 Å². The van der Waals surface area contributed by atoms with Crippen LogP contribution in [-0.2, 0) is 5.41 Å². The van der Waals surface area contributed by atoms with Gasteiger partial charge in [0.2, 0.25) is 0 Å². The summed E-state index contributed by atoms with van der Waals surface area (Å²) in [6, 6.07) is 11.0. The number of nitrogens with one attached hydrogen (secondary N) is 2. The number of rotatable bonds is 6. The van der Waals surface area contributed by atoms with Gasteiger partial charge in [-0.1, -0.05) is 44.0 Å². The quantitative estimate of drug-likeness (QED) is 0.219. The smallest absolute Gasteiger partial charge is 0.345 e. The lowest BCUT2D eigenvalue weighted by Gasteiger charge is -2.14. The first kappa shape index (κ1) is 24.3. The van der Waals surface area contributed by atoms with Crippen LogP contribution in [0.3, 0.4) is 0 Å². The summed E-state index contributed by atoms with van der Waals surface area (Å²) in [7, 11) is 1.44. The van der Waals surface area contributed by atoms with Gasteiger partial charge in [-0.25, -0.2) is 10.2 Å². The van der Waals surface area contributed by atoms with Crippen LogP contribution in [0, 0.1) is 0 Å². The van der Waals surface area contributed by atoms with Crippen LogP contribution >= 0.6 is 23.2 Å². The summed E-state index contributed by atoms with van der Waals surface area (Å²) in [4.78, 5) is 24.7.